The van der Waals surface area contributed by atoms with Gasteiger partial charge in [0.2, 0.25) is 11.8 Å². The number of nitrogens with zero attached hydrogens (tertiary/aromatic N) is 1. The van der Waals surface area contributed by atoms with Gasteiger partial charge < -0.3 is 15.3 Å². The van der Waals surface area contributed by atoms with Crippen LogP contribution in [0.3, 0.4) is 0 Å². The molecular formula is C15H19NO3. The third kappa shape index (κ3) is 2.03. The van der Waals surface area contributed by atoms with Gasteiger partial charge in [-0.2, -0.15) is 0 Å². The van der Waals surface area contributed by atoms with Crippen LogP contribution in [0.5, 0.6) is 17.5 Å². The second-order valence-electron chi connectivity index (χ2n) is 5.13. The molecule has 0 amide bonds. The normalized spacial score (nSPS) is 11.2. The van der Waals surface area contributed by atoms with Crippen LogP contribution in [-0.2, 0) is 0 Å². The van der Waals surface area contributed by atoms with Gasteiger partial charge in [-0.3, -0.25) is 4.57 Å². The molecule has 0 atom stereocenters. The van der Waals surface area contributed by atoms with Crippen molar-refractivity contribution in [3.63, 3.8) is 0 Å². The molecule has 0 bridgehead atoms. The highest BCUT2D eigenvalue weighted by Crippen LogP contribution is 2.37. The van der Waals surface area contributed by atoms with E-state index in [2.05, 4.69) is 0 Å². The minimum atomic E-state index is 0.0235. The first-order valence-electron chi connectivity index (χ1n) is 6.27. The molecule has 0 fully saturated rings. The van der Waals surface area contributed by atoms with Crippen LogP contribution in [0.4, 0.5) is 0 Å². The van der Waals surface area contributed by atoms with Gasteiger partial charge in [-0.1, -0.05) is 13.8 Å². The summed E-state index contributed by atoms with van der Waals surface area (Å²) in [5.74, 6) is 0.422. The summed E-state index contributed by atoms with van der Waals surface area (Å²) in [6.07, 6.45) is 0. The zero-order valence-electron chi connectivity index (χ0n) is 11.6. The van der Waals surface area contributed by atoms with Crippen LogP contribution in [-0.4, -0.2) is 19.9 Å². The van der Waals surface area contributed by atoms with Gasteiger partial charge in [0.1, 0.15) is 5.75 Å². The van der Waals surface area contributed by atoms with Gasteiger partial charge in [0.15, 0.2) is 0 Å². The highest BCUT2D eigenvalue weighted by molar-refractivity contribution is 5.54. The molecule has 1 aromatic carbocycles. The molecule has 4 nitrogen and oxygen atoms in total. The lowest BCUT2D eigenvalue weighted by atomic mass is 10.0. The minimum absolute atomic E-state index is 0.0235. The molecule has 19 heavy (non-hydrogen) atoms. The summed E-state index contributed by atoms with van der Waals surface area (Å²) in [4.78, 5) is 0. The van der Waals surface area contributed by atoms with Gasteiger partial charge in [0.05, 0.1) is 5.69 Å². The van der Waals surface area contributed by atoms with E-state index in [-0.39, 0.29) is 23.4 Å². The number of phenolic OH excluding ortho intramolecular Hbond substituents is 1. The predicted molar refractivity (Wildman–Crippen MR) is 74.3 cm³/mol. The molecule has 1 heterocycles. The SMILES string of the molecule is Cc1c(C)c(O)n(-c2ccc(O)c(C(C)C)c2)c1O. The predicted octanol–water partition coefficient (Wildman–Crippen LogP) is 3.33. The fraction of sp³-hybridized carbons (Fsp3) is 0.333. The molecular weight excluding hydrogens is 242 g/mol. The molecule has 4 heteroatoms. The van der Waals surface area contributed by atoms with Crippen LogP contribution in [0.15, 0.2) is 18.2 Å². The zero-order valence-corrected chi connectivity index (χ0v) is 11.6. The summed E-state index contributed by atoms with van der Waals surface area (Å²) in [7, 11) is 0. The molecule has 0 unspecified atom stereocenters. The molecule has 0 saturated heterocycles. The Bertz CT molecular complexity index is 601. The quantitative estimate of drug-likeness (QED) is 0.776. The van der Waals surface area contributed by atoms with E-state index in [9.17, 15) is 15.3 Å². The largest absolute Gasteiger partial charge is 0.508 e. The van der Waals surface area contributed by atoms with Crippen molar-refractivity contribution in [2.24, 2.45) is 0 Å². The summed E-state index contributed by atoms with van der Waals surface area (Å²) < 4.78 is 1.38. The van der Waals surface area contributed by atoms with E-state index in [1.54, 1.807) is 32.0 Å². The van der Waals surface area contributed by atoms with Crippen molar-refractivity contribution in [1.29, 1.82) is 0 Å². The number of hydrogen-bond acceptors (Lipinski definition) is 3. The molecule has 0 saturated carbocycles. The van der Waals surface area contributed by atoms with Crippen molar-refractivity contribution in [1.82, 2.24) is 4.57 Å². The first-order chi connectivity index (χ1) is 8.84. The smallest absolute Gasteiger partial charge is 0.201 e. The monoisotopic (exact) mass is 261 g/mol. The average Bonchev–Trinajstić information content (AvgIpc) is 2.55. The third-order valence-corrected chi connectivity index (χ3v) is 3.55. The summed E-state index contributed by atoms with van der Waals surface area (Å²) in [6.45, 7) is 7.46. The molecule has 0 aliphatic heterocycles. The van der Waals surface area contributed by atoms with Crippen molar-refractivity contribution in [2.45, 2.75) is 33.6 Å². The van der Waals surface area contributed by atoms with Crippen LogP contribution < -0.4 is 0 Å². The molecule has 102 valence electrons. The Kier molecular flexibility index (Phi) is 3.18. The van der Waals surface area contributed by atoms with Crippen LogP contribution in [0.1, 0.15) is 36.5 Å². The van der Waals surface area contributed by atoms with E-state index >= 15 is 0 Å². The lowest BCUT2D eigenvalue weighted by molar-refractivity contribution is 0.400. The average molecular weight is 261 g/mol. The van der Waals surface area contributed by atoms with E-state index in [1.165, 1.54) is 4.57 Å². The van der Waals surface area contributed by atoms with Crippen LogP contribution in [0.2, 0.25) is 0 Å². The van der Waals surface area contributed by atoms with Crippen molar-refractivity contribution >= 4 is 0 Å². The zero-order chi connectivity index (χ0) is 14.3. The standard InChI is InChI=1S/C15H19NO3/c1-8(2)12-7-11(5-6-13(12)17)16-14(18)9(3)10(4)15(16)19/h5-8,17-19H,1-4H3. The molecule has 2 rings (SSSR count). The van der Waals surface area contributed by atoms with Gasteiger partial charge in [0, 0.05) is 11.1 Å². The van der Waals surface area contributed by atoms with E-state index in [0.29, 0.717) is 16.8 Å². The van der Waals surface area contributed by atoms with Crippen LogP contribution in [0.25, 0.3) is 5.69 Å². The molecule has 0 aliphatic rings. The molecule has 0 aliphatic carbocycles. The lowest BCUT2D eigenvalue weighted by Gasteiger charge is -2.13. The van der Waals surface area contributed by atoms with E-state index < -0.39 is 0 Å². The van der Waals surface area contributed by atoms with Crippen molar-refractivity contribution in [2.75, 3.05) is 0 Å². The van der Waals surface area contributed by atoms with E-state index in [4.69, 9.17) is 0 Å². The summed E-state index contributed by atoms with van der Waals surface area (Å²) in [5, 5.41) is 30.0. The molecule has 0 spiro atoms. The summed E-state index contributed by atoms with van der Waals surface area (Å²) >= 11 is 0. The van der Waals surface area contributed by atoms with Gasteiger partial charge in [-0.25, -0.2) is 0 Å². The molecule has 3 N–H and O–H groups in total. The maximum absolute atomic E-state index is 10.1. The van der Waals surface area contributed by atoms with Gasteiger partial charge in [-0.05, 0) is 43.5 Å². The minimum Gasteiger partial charge on any atom is -0.508 e. The first-order valence-corrected chi connectivity index (χ1v) is 6.27. The molecule has 2 aromatic rings. The van der Waals surface area contributed by atoms with E-state index in [0.717, 1.165) is 5.56 Å². The highest BCUT2D eigenvalue weighted by atomic mass is 16.3. The second kappa shape index (κ2) is 4.53. The van der Waals surface area contributed by atoms with Crippen LogP contribution in [0, 0.1) is 13.8 Å². The van der Waals surface area contributed by atoms with Crippen molar-refractivity contribution < 1.29 is 15.3 Å². The number of aromatic nitrogens is 1. The fourth-order valence-corrected chi connectivity index (χ4v) is 2.16. The topological polar surface area (TPSA) is 65.6 Å². The number of phenols is 1. The summed E-state index contributed by atoms with van der Waals surface area (Å²) in [6, 6.07) is 5.02. The van der Waals surface area contributed by atoms with Crippen LogP contribution >= 0.6 is 0 Å². The Morgan fingerprint density at radius 3 is 1.95 bits per heavy atom. The number of aromatic hydroxyl groups is 3. The number of hydrogen-bond donors (Lipinski definition) is 3. The Hall–Kier alpha value is -2.10. The van der Waals surface area contributed by atoms with Gasteiger partial charge in [-0.15, -0.1) is 0 Å². The number of rotatable bonds is 2. The van der Waals surface area contributed by atoms with Crippen molar-refractivity contribution in [3.8, 4) is 23.2 Å². The maximum Gasteiger partial charge on any atom is 0.201 e. The molecule has 0 radical (unpaired) electrons. The second-order valence-corrected chi connectivity index (χ2v) is 5.13. The Labute approximate surface area is 112 Å². The fourth-order valence-electron chi connectivity index (χ4n) is 2.16. The van der Waals surface area contributed by atoms with E-state index in [1.807, 2.05) is 13.8 Å². The van der Waals surface area contributed by atoms with Gasteiger partial charge in [0.25, 0.3) is 0 Å². The van der Waals surface area contributed by atoms with Gasteiger partial charge >= 0.3 is 0 Å². The Balaban J connectivity index is 2.67. The van der Waals surface area contributed by atoms with Crippen molar-refractivity contribution in [3.05, 3.63) is 34.9 Å². The highest BCUT2D eigenvalue weighted by Gasteiger charge is 2.18. The Morgan fingerprint density at radius 2 is 1.47 bits per heavy atom. The maximum atomic E-state index is 10.1. The first kappa shape index (κ1) is 13.3. The third-order valence-electron chi connectivity index (χ3n) is 3.55. The Morgan fingerprint density at radius 1 is 0.947 bits per heavy atom. The number of benzene rings is 1. The summed E-state index contributed by atoms with van der Waals surface area (Å²) in [5.41, 5.74) is 2.71. The lowest BCUT2D eigenvalue weighted by Crippen LogP contribution is -1.96. The molecule has 1 aromatic heterocycles.